The molecular weight excluding hydrogens is 285 g/mol. The predicted molar refractivity (Wildman–Crippen MR) is 68.8 cm³/mol. The molecule has 0 aromatic heterocycles. The fourth-order valence-corrected chi connectivity index (χ4v) is 3.13. The largest absolute Gasteiger partial charge is 0.381 e. The average Bonchev–Trinajstić information content (AvgIpc) is 2.27. The molecule has 2 fully saturated rings. The molecule has 1 spiro atoms. The third kappa shape index (κ3) is 2.08. The van der Waals surface area contributed by atoms with Gasteiger partial charge < -0.3 is 9.64 Å². The van der Waals surface area contributed by atoms with Crippen LogP contribution < -0.4 is 4.90 Å². The van der Waals surface area contributed by atoms with E-state index < -0.39 is 0 Å². The molecule has 17 heavy (non-hydrogen) atoms. The van der Waals surface area contributed by atoms with Crippen LogP contribution in [0.5, 0.6) is 0 Å². The Labute approximate surface area is 109 Å². The second kappa shape index (κ2) is 4.25. The van der Waals surface area contributed by atoms with Gasteiger partial charge in [-0.1, -0.05) is 15.9 Å². The lowest BCUT2D eigenvalue weighted by atomic mass is 9.73. The second-order valence-electron chi connectivity index (χ2n) is 5.06. The summed E-state index contributed by atoms with van der Waals surface area (Å²) in [6.07, 6.45) is 2.23. The Morgan fingerprint density at radius 2 is 1.94 bits per heavy atom. The highest BCUT2D eigenvalue weighted by atomic mass is 79.9. The van der Waals surface area contributed by atoms with Gasteiger partial charge in [0.15, 0.2) is 0 Å². The van der Waals surface area contributed by atoms with Gasteiger partial charge in [-0.25, -0.2) is 4.39 Å². The SMILES string of the molecule is Fc1cc(Br)ccc1N1CC2(CCOCC2)C1. The summed E-state index contributed by atoms with van der Waals surface area (Å²) in [5.41, 5.74) is 1.11. The fourth-order valence-electron chi connectivity index (χ4n) is 2.79. The highest BCUT2D eigenvalue weighted by Crippen LogP contribution is 2.42. The first-order valence-corrected chi connectivity index (χ1v) is 6.76. The van der Waals surface area contributed by atoms with Gasteiger partial charge in [0.2, 0.25) is 0 Å². The molecule has 1 aromatic rings. The van der Waals surface area contributed by atoms with Crippen LogP contribution in [0.15, 0.2) is 22.7 Å². The van der Waals surface area contributed by atoms with E-state index in [1.54, 1.807) is 0 Å². The molecule has 92 valence electrons. The van der Waals surface area contributed by atoms with Crippen LogP contribution in [0.3, 0.4) is 0 Å². The van der Waals surface area contributed by atoms with Gasteiger partial charge in [-0.3, -0.25) is 0 Å². The number of nitrogens with zero attached hydrogens (tertiary/aromatic N) is 1. The monoisotopic (exact) mass is 299 g/mol. The molecule has 0 amide bonds. The highest BCUT2D eigenvalue weighted by Gasteiger charge is 2.44. The molecule has 0 saturated carbocycles. The van der Waals surface area contributed by atoms with Crippen LogP contribution in [-0.4, -0.2) is 26.3 Å². The van der Waals surface area contributed by atoms with Crippen molar-refractivity contribution in [3.63, 3.8) is 0 Å². The van der Waals surface area contributed by atoms with E-state index in [0.29, 0.717) is 5.41 Å². The van der Waals surface area contributed by atoms with Crippen LogP contribution in [0.2, 0.25) is 0 Å². The van der Waals surface area contributed by atoms with E-state index in [1.807, 2.05) is 12.1 Å². The maximum Gasteiger partial charge on any atom is 0.147 e. The minimum atomic E-state index is -0.138. The molecule has 1 aromatic carbocycles. The van der Waals surface area contributed by atoms with Gasteiger partial charge in [0, 0.05) is 36.2 Å². The Bertz CT molecular complexity index is 423. The lowest BCUT2D eigenvalue weighted by Crippen LogP contribution is -2.58. The van der Waals surface area contributed by atoms with E-state index in [-0.39, 0.29) is 5.82 Å². The van der Waals surface area contributed by atoms with Gasteiger partial charge in [0.1, 0.15) is 5.82 Å². The predicted octanol–water partition coefficient (Wildman–Crippen LogP) is 3.21. The number of hydrogen-bond acceptors (Lipinski definition) is 2. The summed E-state index contributed by atoms with van der Waals surface area (Å²) in [4.78, 5) is 2.13. The van der Waals surface area contributed by atoms with Crippen LogP contribution >= 0.6 is 15.9 Å². The van der Waals surface area contributed by atoms with Crippen molar-refractivity contribution in [2.75, 3.05) is 31.2 Å². The Kier molecular flexibility index (Phi) is 2.87. The van der Waals surface area contributed by atoms with Crippen LogP contribution in [0.1, 0.15) is 12.8 Å². The number of anilines is 1. The third-order valence-electron chi connectivity index (χ3n) is 3.86. The van der Waals surface area contributed by atoms with E-state index in [2.05, 4.69) is 20.8 Å². The molecule has 0 bridgehead atoms. The van der Waals surface area contributed by atoms with Gasteiger partial charge in [-0.05, 0) is 31.0 Å². The zero-order chi connectivity index (χ0) is 11.9. The summed E-state index contributed by atoms with van der Waals surface area (Å²) < 4.78 is 20.0. The number of benzene rings is 1. The summed E-state index contributed by atoms with van der Waals surface area (Å²) in [7, 11) is 0. The number of ether oxygens (including phenoxy) is 1. The van der Waals surface area contributed by atoms with E-state index in [1.165, 1.54) is 6.07 Å². The van der Waals surface area contributed by atoms with Gasteiger partial charge in [0.05, 0.1) is 5.69 Å². The molecule has 0 aliphatic carbocycles. The maximum absolute atomic E-state index is 13.8. The molecule has 3 rings (SSSR count). The molecule has 0 N–H and O–H groups in total. The topological polar surface area (TPSA) is 12.5 Å². The van der Waals surface area contributed by atoms with Gasteiger partial charge in [0.25, 0.3) is 0 Å². The van der Waals surface area contributed by atoms with E-state index in [0.717, 1.165) is 49.3 Å². The smallest absolute Gasteiger partial charge is 0.147 e. The standard InChI is InChI=1S/C13H15BrFNO/c14-10-1-2-12(11(15)7-10)16-8-13(9-16)3-5-17-6-4-13/h1-2,7H,3-6,8-9H2. The average molecular weight is 300 g/mol. The summed E-state index contributed by atoms with van der Waals surface area (Å²) >= 11 is 3.28. The minimum Gasteiger partial charge on any atom is -0.381 e. The van der Waals surface area contributed by atoms with Crippen molar-refractivity contribution < 1.29 is 9.13 Å². The molecule has 2 heterocycles. The lowest BCUT2D eigenvalue weighted by Gasteiger charge is -2.53. The fraction of sp³-hybridized carbons (Fsp3) is 0.538. The minimum absolute atomic E-state index is 0.138. The van der Waals surface area contributed by atoms with E-state index >= 15 is 0 Å². The van der Waals surface area contributed by atoms with Crippen molar-refractivity contribution >= 4 is 21.6 Å². The van der Waals surface area contributed by atoms with Crippen molar-refractivity contribution in [1.29, 1.82) is 0 Å². The van der Waals surface area contributed by atoms with Gasteiger partial charge >= 0.3 is 0 Å². The lowest BCUT2D eigenvalue weighted by molar-refractivity contribution is -0.000387. The number of halogens is 2. The zero-order valence-corrected chi connectivity index (χ0v) is 11.2. The normalized spacial score (nSPS) is 22.6. The number of hydrogen-bond donors (Lipinski definition) is 0. The molecule has 2 aliphatic rings. The molecule has 0 unspecified atom stereocenters. The first-order valence-electron chi connectivity index (χ1n) is 5.96. The molecule has 0 radical (unpaired) electrons. The number of rotatable bonds is 1. The summed E-state index contributed by atoms with van der Waals surface area (Å²) in [6, 6.07) is 5.28. The van der Waals surface area contributed by atoms with Crippen LogP contribution in [0.25, 0.3) is 0 Å². The van der Waals surface area contributed by atoms with Crippen molar-refractivity contribution in [3.8, 4) is 0 Å². The van der Waals surface area contributed by atoms with Crippen molar-refractivity contribution in [2.24, 2.45) is 5.41 Å². The Balaban J connectivity index is 1.72. The Morgan fingerprint density at radius 3 is 2.59 bits per heavy atom. The third-order valence-corrected chi connectivity index (χ3v) is 4.35. The molecule has 2 saturated heterocycles. The quantitative estimate of drug-likeness (QED) is 0.789. The summed E-state index contributed by atoms with van der Waals surface area (Å²) in [5, 5.41) is 0. The second-order valence-corrected chi connectivity index (χ2v) is 5.98. The van der Waals surface area contributed by atoms with Crippen molar-refractivity contribution in [3.05, 3.63) is 28.5 Å². The Morgan fingerprint density at radius 1 is 1.24 bits per heavy atom. The summed E-state index contributed by atoms with van der Waals surface area (Å²) in [6.45, 7) is 3.65. The molecule has 0 atom stereocenters. The van der Waals surface area contributed by atoms with E-state index in [4.69, 9.17) is 4.74 Å². The molecular formula is C13H15BrFNO. The van der Waals surface area contributed by atoms with Crippen LogP contribution in [-0.2, 0) is 4.74 Å². The van der Waals surface area contributed by atoms with Crippen LogP contribution in [0.4, 0.5) is 10.1 Å². The van der Waals surface area contributed by atoms with E-state index in [9.17, 15) is 4.39 Å². The molecule has 2 aliphatic heterocycles. The molecule has 4 heteroatoms. The molecule has 2 nitrogen and oxygen atoms in total. The van der Waals surface area contributed by atoms with Crippen molar-refractivity contribution in [2.45, 2.75) is 12.8 Å². The summed E-state index contributed by atoms with van der Waals surface area (Å²) in [5.74, 6) is -0.138. The maximum atomic E-state index is 13.8. The van der Waals surface area contributed by atoms with Gasteiger partial charge in [-0.15, -0.1) is 0 Å². The first kappa shape index (κ1) is 11.5. The first-order chi connectivity index (χ1) is 8.19. The Hall–Kier alpha value is -0.610. The van der Waals surface area contributed by atoms with Crippen molar-refractivity contribution in [1.82, 2.24) is 0 Å². The zero-order valence-electron chi connectivity index (χ0n) is 9.59. The highest BCUT2D eigenvalue weighted by molar-refractivity contribution is 9.10. The van der Waals surface area contributed by atoms with Gasteiger partial charge in [-0.2, -0.15) is 0 Å². The van der Waals surface area contributed by atoms with Crippen LogP contribution in [0, 0.1) is 11.2 Å².